The van der Waals surface area contributed by atoms with E-state index in [-0.39, 0.29) is 17.9 Å². The third-order valence-electron chi connectivity index (χ3n) is 4.12. The maximum absolute atomic E-state index is 13.4. The summed E-state index contributed by atoms with van der Waals surface area (Å²) in [5.41, 5.74) is -0.185. The van der Waals surface area contributed by atoms with Crippen LogP contribution in [0, 0.1) is 17.0 Å². The molecule has 0 bridgehead atoms. The highest BCUT2D eigenvalue weighted by Gasteiger charge is 2.34. The molecule has 0 aliphatic carbocycles. The first-order valence-electron chi connectivity index (χ1n) is 8.74. The third kappa shape index (κ3) is 4.74. The van der Waals surface area contributed by atoms with Crippen LogP contribution in [0.2, 0.25) is 0 Å². The number of anilines is 1. The van der Waals surface area contributed by atoms with E-state index in [1.165, 1.54) is 30.3 Å². The van der Waals surface area contributed by atoms with Gasteiger partial charge in [0.25, 0.3) is 15.7 Å². The number of esters is 2. The van der Waals surface area contributed by atoms with Gasteiger partial charge < -0.3 is 9.47 Å². The molecule has 2 aromatic carbocycles. The maximum Gasteiger partial charge on any atom is 0.338 e. The number of aryl methyl sites for hydroxylation is 1. The van der Waals surface area contributed by atoms with E-state index in [1.807, 2.05) is 0 Å². The minimum atomic E-state index is -4.57. The van der Waals surface area contributed by atoms with Gasteiger partial charge in [-0.3, -0.25) is 19.2 Å². The Bertz CT molecular complexity index is 1080. The van der Waals surface area contributed by atoms with Crippen molar-refractivity contribution < 1.29 is 32.4 Å². The summed E-state index contributed by atoms with van der Waals surface area (Å²) in [7, 11) is -3.49. The molecule has 0 atom stereocenters. The molecule has 2 rings (SSSR count). The Kier molecular flexibility index (Phi) is 7.11. The molecular formula is C19H20N2O8S. The number of nitrogens with zero attached hydrogens (tertiary/aromatic N) is 2. The lowest BCUT2D eigenvalue weighted by atomic mass is 10.1. The van der Waals surface area contributed by atoms with Crippen LogP contribution in [0.15, 0.2) is 47.4 Å². The van der Waals surface area contributed by atoms with Crippen molar-refractivity contribution in [2.45, 2.75) is 18.7 Å². The van der Waals surface area contributed by atoms with Crippen molar-refractivity contribution in [2.24, 2.45) is 0 Å². The summed E-state index contributed by atoms with van der Waals surface area (Å²) in [6.45, 7) is 2.56. The molecule has 0 spiro atoms. The topological polar surface area (TPSA) is 133 Å². The SMILES string of the molecule is CCOC(=O)c1ccc(C)c(N(CC(=O)OC)S(=O)(=O)c2ccccc2[N+](=O)[O-])c1. The molecule has 11 heteroatoms. The first-order chi connectivity index (χ1) is 14.1. The molecule has 0 aliphatic rings. The number of methoxy groups -OCH3 is 1. The molecule has 0 radical (unpaired) electrons. The third-order valence-corrected chi connectivity index (χ3v) is 5.93. The minimum Gasteiger partial charge on any atom is -0.468 e. The van der Waals surface area contributed by atoms with Crippen LogP contribution in [0.3, 0.4) is 0 Å². The van der Waals surface area contributed by atoms with Gasteiger partial charge in [-0.25, -0.2) is 13.2 Å². The van der Waals surface area contributed by atoms with E-state index in [0.717, 1.165) is 19.2 Å². The average molecular weight is 436 g/mol. The molecule has 0 saturated carbocycles. The molecule has 0 fully saturated rings. The molecule has 0 N–H and O–H groups in total. The van der Waals surface area contributed by atoms with Gasteiger partial charge in [-0.2, -0.15) is 0 Å². The van der Waals surface area contributed by atoms with Gasteiger partial charge in [-0.15, -0.1) is 0 Å². The van der Waals surface area contributed by atoms with E-state index < -0.39 is 44.0 Å². The molecule has 0 saturated heterocycles. The Labute approximate surface area is 173 Å². The zero-order chi connectivity index (χ0) is 22.5. The number of hydrogen-bond donors (Lipinski definition) is 0. The van der Waals surface area contributed by atoms with Crippen LogP contribution in [0.25, 0.3) is 0 Å². The van der Waals surface area contributed by atoms with Crippen molar-refractivity contribution in [3.05, 3.63) is 63.7 Å². The fourth-order valence-electron chi connectivity index (χ4n) is 2.65. The van der Waals surface area contributed by atoms with E-state index in [4.69, 9.17) is 4.74 Å². The largest absolute Gasteiger partial charge is 0.468 e. The molecule has 10 nitrogen and oxygen atoms in total. The molecule has 0 unspecified atom stereocenters. The van der Waals surface area contributed by atoms with Crippen LogP contribution in [0.1, 0.15) is 22.8 Å². The van der Waals surface area contributed by atoms with E-state index in [2.05, 4.69) is 4.74 Å². The van der Waals surface area contributed by atoms with Crippen LogP contribution in [0.4, 0.5) is 11.4 Å². The summed E-state index contributed by atoms with van der Waals surface area (Å²) in [5, 5.41) is 11.4. The Morgan fingerprint density at radius 2 is 1.83 bits per heavy atom. The Morgan fingerprint density at radius 1 is 1.17 bits per heavy atom. The van der Waals surface area contributed by atoms with Crippen LogP contribution in [-0.4, -0.2) is 45.5 Å². The zero-order valence-electron chi connectivity index (χ0n) is 16.5. The van der Waals surface area contributed by atoms with Crippen molar-refractivity contribution in [1.82, 2.24) is 0 Å². The number of nitro groups is 1. The first kappa shape index (κ1) is 22.8. The van der Waals surface area contributed by atoms with Crippen LogP contribution < -0.4 is 4.31 Å². The summed E-state index contributed by atoms with van der Waals surface area (Å²) in [4.78, 5) is 34.0. The van der Waals surface area contributed by atoms with E-state index >= 15 is 0 Å². The number of carbonyl (C=O) groups excluding carboxylic acids is 2. The Hall–Kier alpha value is -3.47. The number of para-hydroxylation sites is 1. The normalized spacial score (nSPS) is 10.9. The number of rotatable bonds is 8. The standard InChI is InChI=1S/C19H20N2O8S/c1-4-29-19(23)14-10-9-13(2)16(11-14)20(12-18(22)28-3)30(26,27)17-8-6-5-7-15(17)21(24)25/h5-11H,4,12H2,1-3H3. The zero-order valence-corrected chi connectivity index (χ0v) is 17.3. The van der Waals surface area contributed by atoms with Crippen molar-refractivity contribution >= 4 is 33.3 Å². The first-order valence-corrected chi connectivity index (χ1v) is 10.2. The lowest BCUT2D eigenvalue weighted by molar-refractivity contribution is -0.387. The molecule has 0 aromatic heterocycles. The quantitative estimate of drug-likeness (QED) is 0.350. The van der Waals surface area contributed by atoms with E-state index in [0.29, 0.717) is 9.87 Å². The second-order valence-corrected chi connectivity index (χ2v) is 7.87. The van der Waals surface area contributed by atoms with Crippen molar-refractivity contribution in [3.63, 3.8) is 0 Å². The highest BCUT2D eigenvalue weighted by Crippen LogP contribution is 2.32. The molecular weight excluding hydrogens is 416 g/mol. The van der Waals surface area contributed by atoms with E-state index in [9.17, 15) is 28.1 Å². The fourth-order valence-corrected chi connectivity index (χ4v) is 4.27. The molecule has 30 heavy (non-hydrogen) atoms. The van der Waals surface area contributed by atoms with Crippen molar-refractivity contribution in [1.29, 1.82) is 0 Å². The number of hydrogen-bond acceptors (Lipinski definition) is 8. The Balaban J connectivity index is 2.71. The number of sulfonamides is 1. The summed E-state index contributed by atoms with van der Waals surface area (Å²) in [6, 6.07) is 8.97. The molecule has 0 heterocycles. The monoisotopic (exact) mass is 436 g/mol. The molecule has 2 aromatic rings. The summed E-state index contributed by atoms with van der Waals surface area (Å²) >= 11 is 0. The predicted molar refractivity (Wildman–Crippen MR) is 107 cm³/mol. The predicted octanol–water partition coefficient (Wildman–Crippen LogP) is 2.45. The molecule has 0 amide bonds. The lowest BCUT2D eigenvalue weighted by Gasteiger charge is -2.25. The van der Waals surface area contributed by atoms with Gasteiger partial charge in [0, 0.05) is 6.07 Å². The lowest BCUT2D eigenvalue weighted by Crippen LogP contribution is -2.37. The van der Waals surface area contributed by atoms with Gasteiger partial charge >= 0.3 is 11.9 Å². The smallest absolute Gasteiger partial charge is 0.338 e. The molecule has 0 aliphatic heterocycles. The second kappa shape index (κ2) is 9.35. The summed E-state index contributed by atoms with van der Waals surface area (Å²) in [5.74, 6) is -1.57. The van der Waals surface area contributed by atoms with Crippen LogP contribution >= 0.6 is 0 Å². The highest BCUT2D eigenvalue weighted by atomic mass is 32.2. The number of carbonyl (C=O) groups is 2. The van der Waals surface area contributed by atoms with Gasteiger partial charge in [0.2, 0.25) is 0 Å². The summed E-state index contributed by atoms with van der Waals surface area (Å²) in [6.07, 6.45) is 0. The maximum atomic E-state index is 13.4. The van der Waals surface area contributed by atoms with Gasteiger partial charge in [-0.05, 0) is 37.6 Å². The van der Waals surface area contributed by atoms with Gasteiger partial charge in [0.15, 0.2) is 4.90 Å². The van der Waals surface area contributed by atoms with Crippen LogP contribution in [0.5, 0.6) is 0 Å². The number of nitro benzene ring substituents is 1. The minimum absolute atomic E-state index is 0.0101. The molecule has 160 valence electrons. The van der Waals surface area contributed by atoms with Crippen molar-refractivity contribution in [3.8, 4) is 0 Å². The summed E-state index contributed by atoms with van der Waals surface area (Å²) < 4.78 is 36.9. The van der Waals surface area contributed by atoms with Crippen LogP contribution in [-0.2, 0) is 24.3 Å². The number of ether oxygens (including phenoxy) is 2. The second-order valence-electron chi connectivity index (χ2n) is 6.03. The Morgan fingerprint density at radius 3 is 2.43 bits per heavy atom. The highest BCUT2D eigenvalue weighted by molar-refractivity contribution is 7.93. The van der Waals surface area contributed by atoms with Gasteiger partial charge in [0.1, 0.15) is 6.54 Å². The van der Waals surface area contributed by atoms with Gasteiger partial charge in [-0.1, -0.05) is 18.2 Å². The van der Waals surface area contributed by atoms with Gasteiger partial charge in [0.05, 0.1) is 29.9 Å². The van der Waals surface area contributed by atoms with Crippen molar-refractivity contribution in [2.75, 3.05) is 24.6 Å². The number of benzene rings is 2. The fraction of sp³-hybridized carbons (Fsp3) is 0.263. The van der Waals surface area contributed by atoms with E-state index in [1.54, 1.807) is 13.8 Å². The average Bonchev–Trinajstić information content (AvgIpc) is 2.72.